The third-order valence-electron chi connectivity index (χ3n) is 0.535. The summed E-state index contributed by atoms with van der Waals surface area (Å²) in [6, 6.07) is 0. The van der Waals surface area contributed by atoms with E-state index < -0.39 is 6.95 Å². The fourth-order valence-electron chi connectivity index (χ4n) is 0.230. The molecule has 0 bridgehead atoms. The predicted molar refractivity (Wildman–Crippen MR) is 55.2 cm³/mol. The number of hydrogen-bond acceptors (Lipinski definition) is 3. The van der Waals surface area contributed by atoms with E-state index in [4.69, 9.17) is 57.6 Å². The molecule has 0 aromatic carbocycles. The van der Waals surface area contributed by atoms with Gasteiger partial charge in [-0.05, 0) is 0 Å². The van der Waals surface area contributed by atoms with E-state index in [1.165, 1.54) is 0 Å². The van der Waals surface area contributed by atoms with E-state index in [-0.39, 0.29) is 8.98 Å². The van der Waals surface area contributed by atoms with Gasteiger partial charge < -0.3 is 9.05 Å². The van der Waals surface area contributed by atoms with Crippen molar-refractivity contribution in [3.63, 3.8) is 0 Å². The molecule has 0 rings (SSSR count). The summed E-state index contributed by atoms with van der Waals surface area (Å²) in [6.45, 7) is -3.82. The summed E-state index contributed by atoms with van der Waals surface area (Å²) in [5.41, 5.74) is 0. The van der Waals surface area contributed by atoms with E-state index in [0.717, 1.165) is 12.5 Å². The van der Waals surface area contributed by atoms with Crippen molar-refractivity contribution in [2.24, 2.45) is 0 Å². The number of rotatable bonds is 4. The Morgan fingerprint density at radius 3 is 1.54 bits per heavy atom. The highest BCUT2D eigenvalue weighted by Gasteiger charge is 2.20. The Morgan fingerprint density at radius 2 is 1.31 bits per heavy atom. The second kappa shape index (κ2) is 6.28. The van der Waals surface area contributed by atoms with Crippen molar-refractivity contribution < 1.29 is 13.6 Å². The smallest absolute Gasteiger partial charge is 0.410 e. The van der Waals surface area contributed by atoms with E-state index in [9.17, 15) is 4.57 Å². The average Bonchev–Trinajstić information content (AvgIpc) is 1.98. The summed E-state index contributed by atoms with van der Waals surface area (Å²) in [7, 11) is 0. The van der Waals surface area contributed by atoms with E-state index in [0.29, 0.717) is 0 Å². The maximum absolute atomic E-state index is 11.0. The van der Waals surface area contributed by atoms with Gasteiger partial charge in [0.25, 0.3) is 0 Å². The van der Waals surface area contributed by atoms with Crippen LogP contribution in [0.5, 0.6) is 0 Å². The standard InChI is InChI=1S/C4H2Cl5O3P/c5-3(6)1-11-13(9,10)12-2-4(7)8/h1-2H. The Balaban J connectivity index is 4.18. The molecule has 0 amide bonds. The normalized spacial score (nSPS) is 10.2. The van der Waals surface area contributed by atoms with Gasteiger partial charge in [0, 0.05) is 11.2 Å². The van der Waals surface area contributed by atoms with E-state index in [2.05, 4.69) is 9.05 Å². The molecule has 0 fully saturated rings. The van der Waals surface area contributed by atoms with Crippen LogP contribution in [-0.4, -0.2) is 0 Å². The van der Waals surface area contributed by atoms with Crippen LogP contribution >= 0.6 is 64.6 Å². The van der Waals surface area contributed by atoms with Crippen molar-refractivity contribution in [1.82, 2.24) is 0 Å². The Kier molecular flexibility index (Phi) is 6.65. The maximum atomic E-state index is 11.0. The van der Waals surface area contributed by atoms with Crippen LogP contribution < -0.4 is 0 Å². The molecule has 0 radical (unpaired) electrons. The van der Waals surface area contributed by atoms with E-state index in [1.807, 2.05) is 0 Å². The first-order valence-corrected chi connectivity index (χ1v) is 6.48. The van der Waals surface area contributed by atoms with Gasteiger partial charge in [-0.3, -0.25) is 0 Å². The lowest BCUT2D eigenvalue weighted by atomic mass is 11.2. The van der Waals surface area contributed by atoms with Gasteiger partial charge in [0.1, 0.15) is 21.5 Å². The van der Waals surface area contributed by atoms with Crippen LogP contribution in [0.25, 0.3) is 0 Å². The molecule has 0 saturated carbocycles. The lowest BCUT2D eigenvalue weighted by Crippen LogP contribution is -1.78. The van der Waals surface area contributed by atoms with Crippen molar-refractivity contribution in [1.29, 1.82) is 0 Å². The van der Waals surface area contributed by atoms with Crippen LogP contribution in [0.1, 0.15) is 0 Å². The molecule has 0 heterocycles. The Morgan fingerprint density at radius 1 is 1.00 bits per heavy atom. The zero-order valence-electron chi connectivity index (χ0n) is 5.72. The van der Waals surface area contributed by atoms with Crippen molar-refractivity contribution in [2.45, 2.75) is 0 Å². The minimum absolute atomic E-state index is 0.259. The topological polar surface area (TPSA) is 35.5 Å². The van der Waals surface area contributed by atoms with Crippen LogP contribution in [0.4, 0.5) is 0 Å². The highest BCUT2D eigenvalue weighted by atomic mass is 35.7. The van der Waals surface area contributed by atoms with Gasteiger partial charge in [0.2, 0.25) is 0 Å². The lowest BCUT2D eigenvalue weighted by Gasteiger charge is -2.06. The Bertz CT molecular complexity index is 243. The number of hydrogen-bond donors (Lipinski definition) is 0. The minimum atomic E-state index is -3.82. The Labute approximate surface area is 99.5 Å². The molecule has 0 aliphatic heterocycles. The molecule has 3 nitrogen and oxygen atoms in total. The summed E-state index contributed by atoms with van der Waals surface area (Å²) >= 11 is 25.8. The maximum Gasteiger partial charge on any atom is 0.529 e. The van der Waals surface area contributed by atoms with Crippen molar-refractivity contribution in [3.8, 4) is 0 Å². The zero-order valence-corrected chi connectivity index (χ0v) is 10.4. The summed E-state index contributed by atoms with van der Waals surface area (Å²) in [5.74, 6) is 0. The monoisotopic (exact) mass is 304 g/mol. The van der Waals surface area contributed by atoms with Crippen LogP contribution in [0.15, 0.2) is 21.5 Å². The molecule has 0 aliphatic carbocycles. The van der Waals surface area contributed by atoms with Crippen molar-refractivity contribution in [3.05, 3.63) is 21.5 Å². The van der Waals surface area contributed by atoms with Crippen molar-refractivity contribution in [2.75, 3.05) is 0 Å². The molecular formula is C4H2Cl5O3P. The van der Waals surface area contributed by atoms with E-state index in [1.54, 1.807) is 0 Å². The SMILES string of the molecule is O=P(Cl)(OC=C(Cl)Cl)OC=C(Cl)Cl. The van der Waals surface area contributed by atoms with Crippen LogP contribution in [0.2, 0.25) is 0 Å². The lowest BCUT2D eigenvalue weighted by molar-refractivity contribution is 0.346. The molecule has 0 atom stereocenters. The van der Waals surface area contributed by atoms with Gasteiger partial charge >= 0.3 is 6.95 Å². The highest BCUT2D eigenvalue weighted by Crippen LogP contribution is 2.54. The molecule has 0 unspecified atom stereocenters. The molecule has 76 valence electrons. The molecule has 0 aromatic heterocycles. The van der Waals surface area contributed by atoms with Crippen LogP contribution in [-0.2, 0) is 13.6 Å². The second-order valence-electron chi connectivity index (χ2n) is 1.46. The first kappa shape index (κ1) is 13.8. The quantitative estimate of drug-likeness (QED) is 0.546. The van der Waals surface area contributed by atoms with Gasteiger partial charge in [-0.25, -0.2) is 4.57 Å². The molecular weight excluding hydrogens is 304 g/mol. The predicted octanol–water partition coefficient (Wildman–Crippen LogP) is 4.92. The molecule has 0 aliphatic rings. The van der Waals surface area contributed by atoms with Gasteiger partial charge in [-0.1, -0.05) is 46.4 Å². The van der Waals surface area contributed by atoms with Gasteiger partial charge in [-0.15, -0.1) is 0 Å². The minimum Gasteiger partial charge on any atom is -0.410 e. The fraction of sp³-hybridized carbons (Fsp3) is 0. The molecule has 0 saturated heterocycles. The first-order valence-electron chi connectivity index (χ1n) is 2.52. The summed E-state index contributed by atoms with van der Waals surface area (Å²) in [5, 5.41) is 0. The van der Waals surface area contributed by atoms with Crippen LogP contribution in [0.3, 0.4) is 0 Å². The zero-order chi connectivity index (χ0) is 10.5. The third kappa shape index (κ3) is 9.07. The first-order chi connectivity index (χ1) is 5.83. The summed E-state index contributed by atoms with van der Waals surface area (Å²) in [4.78, 5) is 0. The second-order valence-corrected chi connectivity index (χ2v) is 6.00. The molecule has 0 spiro atoms. The Hall–Kier alpha value is 0.760. The largest absolute Gasteiger partial charge is 0.529 e. The molecule has 0 aromatic rings. The van der Waals surface area contributed by atoms with Gasteiger partial charge in [0.05, 0.1) is 0 Å². The summed E-state index contributed by atoms with van der Waals surface area (Å²) in [6.07, 6.45) is 1.51. The molecule has 13 heavy (non-hydrogen) atoms. The van der Waals surface area contributed by atoms with Crippen LogP contribution in [0, 0.1) is 0 Å². The average molecular weight is 306 g/mol. The van der Waals surface area contributed by atoms with Crippen molar-refractivity contribution >= 4 is 64.6 Å². The highest BCUT2D eigenvalue weighted by molar-refractivity contribution is 7.81. The molecule has 9 heteroatoms. The van der Waals surface area contributed by atoms with Gasteiger partial charge in [-0.2, -0.15) is 0 Å². The summed E-state index contributed by atoms with van der Waals surface area (Å²) < 4.78 is 19.2. The fourth-order valence-corrected chi connectivity index (χ4v) is 1.41. The molecule has 0 N–H and O–H groups in total. The third-order valence-corrected chi connectivity index (χ3v) is 2.08. The van der Waals surface area contributed by atoms with Gasteiger partial charge in [0.15, 0.2) is 0 Å². The number of halogens is 5. The van der Waals surface area contributed by atoms with E-state index >= 15 is 0 Å².